The van der Waals surface area contributed by atoms with Crippen molar-refractivity contribution >= 4 is 28.8 Å². The van der Waals surface area contributed by atoms with Crippen LogP contribution in [0.3, 0.4) is 0 Å². The molecule has 0 saturated carbocycles. The van der Waals surface area contributed by atoms with Crippen LogP contribution in [-0.4, -0.2) is 54.4 Å². The van der Waals surface area contributed by atoms with Gasteiger partial charge in [-0.2, -0.15) is 0 Å². The van der Waals surface area contributed by atoms with Crippen LogP contribution in [0.5, 0.6) is 0 Å². The number of fused-ring (bicyclic) bond motifs is 1. The SMILES string of the molecule is COC1=N[C@H](C(C)C)C(OC)=NC1Cc1cccc2c1ccn2C(=O)OC(C)(C)C. The lowest BCUT2D eigenvalue weighted by atomic mass is 9.99. The quantitative estimate of drug-likeness (QED) is 0.744. The lowest BCUT2D eigenvalue weighted by molar-refractivity contribution is 0.0544. The Labute approximate surface area is 177 Å². The molecule has 0 saturated heterocycles. The highest BCUT2D eigenvalue weighted by Gasteiger charge is 2.31. The molecule has 0 amide bonds. The van der Waals surface area contributed by atoms with Crippen molar-refractivity contribution in [3.8, 4) is 0 Å². The van der Waals surface area contributed by atoms with E-state index in [-0.39, 0.29) is 18.0 Å². The molecule has 162 valence electrons. The second kappa shape index (κ2) is 8.50. The molecule has 0 spiro atoms. The number of benzene rings is 1. The third kappa shape index (κ3) is 4.50. The van der Waals surface area contributed by atoms with Crippen molar-refractivity contribution < 1.29 is 19.0 Å². The summed E-state index contributed by atoms with van der Waals surface area (Å²) in [6.07, 6.45) is 1.93. The smallest absolute Gasteiger partial charge is 0.418 e. The lowest BCUT2D eigenvalue weighted by Gasteiger charge is -2.27. The van der Waals surface area contributed by atoms with Gasteiger partial charge in [-0.25, -0.2) is 14.8 Å². The van der Waals surface area contributed by atoms with E-state index in [1.54, 1.807) is 20.4 Å². The molecule has 3 rings (SSSR count). The van der Waals surface area contributed by atoms with Crippen LogP contribution in [0.1, 0.15) is 40.2 Å². The molecule has 1 aromatic heterocycles. The van der Waals surface area contributed by atoms with Gasteiger partial charge in [0.1, 0.15) is 17.7 Å². The van der Waals surface area contributed by atoms with Gasteiger partial charge in [0.25, 0.3) is 0 Å². The van der Waals surface area contributed by atoms with Crippen LogP contribution in [-0.2, 0) is 20.6 Å². The van der Waals surface area contributed by atoms with Crippen LogP contribution in [0.2, 0.25) is 0 Å². The number of hydrogen-bond donors (Lipinski definition) is 0. The van der Waals surface area contributed by atoms with Crippen LogP contribution in [0.15, 0.2) is 40.4 Å². The van der Waals surface area contributed by atoms with E-state index in [1.165, 1.54) is 4.57 Å². The first-order valence-corrected chi connectivity index (χ1v) is 10.2. The Hall–Kier alpha value is -2.83. The van der Waals surface area contributed by atoms with E-state index in [0.717, 1.165) is 16.5 Å². The average molecular weight is 414 g/mol. The molecular formula is C23H31N3O4. The van der Waals surface area contributed by atoms with Crippen molar-refractivity contribution in [2.45, 2.75) is 58.7 Å². The molecular weight excluding hydrogens is 382 g/mol. The van der Waals surface area contributed by atoms with E-state index in [1.807, 2.05) is 45.0 Å². The van der Waals surface area contributed by atoms with E-state index in [0.29, 0.717) is 18.2 Å². The van der Waals surface area contributed by atoms with Crippen molar-refractivity contribution in [2.24, 2.45) is 15.9 Å². The summed E-state index contributed by atoms with van der Waals surface area (Å²) in [5.74, 6) is 1.47. The second-order valence-electron chi connectivity index (χ2n) is 8.77. The summed E-state index contributed by atoms with van der Waals surface area (Å²) >= 11 is 0. The predicted molar refractivity (Wildman–Crippen MR) is 119 cm³/mol. The first-order chi connectivity index (χ1) is 14.1. The van der Waals surface area contributed by atoms with Gasteiger partial charge in [-0.05, 0) is 44.4 Å². The van der Waals surface area contributed by atoms with Crippen molar-refractivity contribution in [3.63, 3.8) is 0 Å². The zero-order valence-corrected chi connectivity index (χ0v) is 18.8. The Morgan fingerprint density at radius 1 is 1.10 bits per heavy atom. The topological polar surface area (TPSA) is 74.4 Å². The number of carbonyl (C=O) groups is 1. The maximum atomic E-state index is 12.6. The third-order valence-corrected chi connectivity index (χ3v) is 4.96. The molecule has 1 aromatic carbocycles. The summed E-state index contributed by atoms with van der Waals surface area (Å²) in [7, 11) is 3.25. The predicted octanol–water partition coefficient (Wildman–Crippen LogP) is 4.46. The highest BCUT2D eigenvalue weighted by atomic mass is 16.6. The number of ether oxygens (including phenoxy) is 3. The molecule has 0 N–H and O–H groups in total. The Kier molecular flexibility index (Phi) is 6.19. The number of methoxy groups -OCH3 is 2. The molecule has 0 fully saturated rings. The number of aliphatic imine (C=N–C) groups is 2. The highest BCUT2D eigenvalue weighted by Crippen LogP contribution is 2.26. The Bertz CT molecular complexity index is 982. The van der Waals surface area contributed by atoms with Crippen molar-refractivity contribution in [1.29, 1.82) is 0 Å². The lowest BCUT2D eigenvalue weighted by Crippen LogP contribution is -2.38. The number of carbonyl (C=O) groups excluding carboxylic acids is 1. The molecule has 7 nitrogen and oxygen atoms in total. The number of nitrogens with zero attached hydrogens (tertiary/aromatic N) is 3. The molecule has 7 heteroatoms. The minimum absolute atomic E-state index is 0.148. The van der Waals surface area contributed by atoms with Crippen LogP contribution < -0.4 is 0 Å². The minimum atomic E-state index is -0.560. The van der Waals surface area contributed by atoms with E-state index in [9.17, 15) is 4.79 Å². The average Bonchev–Trinajstić information content (AvgIpc) is 3.11. The van der Waals surface area contributed by atoms with E-state index in [4.69, 9.17) is 24.2 Å². The zero-order valence-electron chi connectivity index (χ0n) is 18.8. The Morgan fingerprint density at radius 3 is 2.40 bits per heavy atom. The normalized spacial score (nSPS) is 19.5. The van der Waals surface area contributed by atoms with Crippen LogP contribution in [0.25, 0.3) is 10.9 Å². The summed E-state index contributed by atoms with van der Waals surface area (Å²) in [6, 6.07) is 7.38. The molecule has 2 heterocycles. The van der Waals surface area contributed by atoms with Gasteiger partial charge < -0.3 is 14.2 Å². The monoisotopic (exact) mass is 413 g/mol. The van der Waals surface area contributed by atoms with Crippen molar-refractivity contribution in [1.82, 2.24) is 4.57 Å². The van der Waals surface area contributed by atoms with Crippen LogP contribution >= 0.6 is 0 Å². The van der Waals surface area contributed by atoms with Gasteiger partial charge in [0, 0.05) is 18.0 Å². The fraction of sp³-hybridized carbons (Fsp3) is 0.522. The molecule has 2 atom stereocenters. The summed E-state index contributed by atoms with van der Waals surface area (Å²) in [6.45, 7) is 9.72. The molecule has 0 radical (unpaired) electrons. The number of aromatic nitrogens is 1. The molecule has 0 bridgehead atoms. The first-order valence-electron chi connectivity index (χ1n) is 10.2. The Morgan fingerprint density at radius 2 is 1.80 bits per heavy atom. The highest BCUT2D eigenvalue weighted by molar-refractivity contribution is 5.95. The zero-order chi connectivity index (χ0) is 22.1. The Balaban J connectivity index is 1.93. The van der Waals surface area contributed by atoms with Gasteiger partial charge in [0.2, 0.25) is 11.8 Å². The largest absolute Gasteiger partial charge is 0.483 e. The van der Waals surface area contributed by atoms with Gasteiger partial charge >= 0.3 is 6.09 Å². The summed E-state index contributed by atoms with van der Waals surface area (Å²) < 4.78 is 18.1. The molecule has 30 heavy (non-hydrogen) atoms. The van der Waals surface area contributed by atoms with Gasteiger partial charge in [0.15, 0.2) is 0 Å². The van der Waals surface area contributed by atoms with Gasteiger partial charge in [-0.3, -0.25) is 4.57 Å². The van der Waals surface area contributed by atoms with E-state index in [2.05, 4.69) is 13.8 Å². The van der Waals surface area contributed by atoms with Gasteiger partial charge in [-0.15, -0.1) is 0 Å². The van der Waals surface area contributed by atoms with Gasteiger partial charge in [-0.1, -0.05) is 26.0 Å². The molecule has 1 unspecified atom stereocenters. The summed E-state index contributed by atoms with van der Waals surface area (Å²) in [5.41, 5.74) is 1.28. The maximum absolute atomic E-state index is 12.6. The second-order valence-corrected chi connectivity index (χ2v) is 8.77. The van der Waals surface area contributed by atoms with E-state index < -0.39 is 11.7 Å². The van der Waals surface area contributed by atoms with Crippen LogP contribution in [0.4, 0.5) is 4.79 Å². The first kappa shape index (κ1) is 21.9. The minimum Gasteiger partial charge on any atom is -0.483 e. The summed E-state index contributed by atoms with van der Waals surface area (Å²) in [4.78, 5) is 22.1. The molecule has 1 aliphatic rings. The van der Waals surface area contributed by atoms with Crippen molar-refractivity contribution in [2.75, 3.05) is 14.2 Å². The molecule has 1 aliphatic heterocycles. The van der Waals surface area contributed by atoms with Gasteiger partial charge in [0.05, 0.1) is 19.7 Å². The fourth-order valence-electron chi connectivity index (χ4n) is 3.58. The molecule has 2 aromatic rings. The van der Waals surface area contributed by atoms with Crippen molar-refractivity contribution in [3.05, 3.63) is 36.0 Å². The molecule has 0 aliphatic carbocycles. The maximum Gasteiger partial charge on any atom is 0.418 e. The fourth-order valence-corrected chi connectivity index (χ4v) is 3.58. The van der Waals surface area contributed by atoms with E-state index >= 15 is 0 Å². The standard InChI is InChI=1S/C23H31N3O4/c1-14(2)19-21(29-7)24-17(20(25-19)28-6)13-15-9-8-10-18-16(15)11-12-26(18)22(27)30-23(3,4)5/h8-12,14,17,19H,13H2,1-7H3/t17?,19-/m1/s1. The van der Waals surface area contributed by atoms with Crippen LogP contribution in [0, 0.1) is 5.92 Å². The number of hydrogen-bond acceptors (Lipinski definition) is 6. The summed E-state index contributed by atoms with van der Waals surface area (Å²) in [5, 5.41) is 0.971. The number of rotatable bonds is 3. The third-order valence-electron chi connectivity index (χ3n) is 4.96.